The molecule has 1 aromatic carbocycles. The first kappa shape index (κ1) is 14.2. The zero-order valence-electron chi connectivity index (χ0n) is 8.49. The maximum Gasteiger partial charge on any atom is 0.108 e. The topological polar surface area (TPSA) is 54.7 Å². The first-order chi connectivity index (χ1) is 6.31. The number of para-hydroxylation sites is 1. The normalized spacial score (nSPS) is 9.47. The summed E-state index contributed by atoms with van der Waals surface area (Å²) in [5.41, 5.74) is 8.83. The second-order valence-electron chi connectivity index (χ2n) is 3.19. The van der Waals surface area contributed by atoms with Gasteiger partial charge in [-0.05, 0) is 25.1 Å². The van der Waals surface area contributed by atoms with Crippen molar-refractivity contribution >= 4 is 35.8 Å². The van der Waals surface area contributed by atoms with Crippen molar-refractivity contribution in [1.82, 2.24) is 9.97 Å². The fraction of sp³-hybridized carbons (Fsp3) is 0.300. The van der Waals surface area contributed by atoms with Crippen LogP contribution in [0.5, 0.6) is 0 Å². The van der Waals surface area contributed by atoms with Crippen molar-refractivity contribution in [2.75, 3.05) is 6.54 Å². The van der Waals surface area contributed by atoms with Gasteiger partial charge in [0.05, 0.1) is 11.0 Å². The minimum atomic E-state index is 0. The molecule has 2 rings (SSSR count). The summed E-state index contributed by atoms with van der Waals surface area (Å²) in [6.45, 7) is 2.70. The molecule has 3 nitrogen and oxygen atoms in total. The SMILES string of the molecule is Cc1cccc2[nH]c(CCN)nc12.Cl.Cl. The Morgan fingerprint density at radius 3 is 2.67 bits per heavy atom. The second kappa shape index (κ2) is 5.95. The number of nitrogens with one attached hydrogen (secondary N) is 1. The van der Waals surface area contributed by atoms with Crippen molar-refractivity contribution in [3.63, 3.8) is 0 Å². The Hall–Kier alpha value is -0.770. The number of aromatic amines is 1. The van der Waals surface area contributed by atoms with Gasteiger partial charge in [-0.1, -0.05) is 12.1 Å². The van der Waals surface area contributed by atoms with Crippen LogP contribution in [0.4, 0.5) is 0 Å². The van der Waals surface area contributed by atoms with E-state index in [1.54, 1.807) is 0 Å². The van der Waals surface area contributed by atoms with E-state index in [4.69, 9.17) is 5.73 Å². The number of benzene rings is 1. The summed E-state index contributed by atoms with van der Waals surface area (Å²) in [7, 11) is 0. The molecule has 1 aromatic heterocycles. The van der Waals surface area contributed by atoms with Crippen molar-refractivity contribution < 1.29 is 0 Å². The molecule has 84 valence electrons. The summed E-state index contributed by atoms with van der Waals surface area (Å²) in [4.78, 5) is 7.71. The number of aromatic nitrogens is 2. The number of imidazole rings is 1. The number of aryl methyl sites for hydroxylation is 1. The third-order valence-electron chi connectivity index (χ3n) is 2.14. The van der Waals surface area contributed by atoms with E-state index >= 15 is 0 Å². The number of hydrogen-bond donors (Lipinski definition) is 2. The van der Waals surface area contributed by atoms with E-state index in [9.17, 15) is 0 Å². The molecule has 5 heteroatoms. The number of nitrogens with zero attached hydrogens (tertiary/aromatic N) is 1. The smallest absolute Gasteiger partial charge is 0.108 e. The number of fused-ring (bicyclic) bond motifs is 1. The number of rotatable bonds is 2. The monoisotopic (exact) mass is 247 g/mol. The molecule has 0 amide bonds. The van der Waals surface area contributed by atoms with Crippen LogP contribution in [0.2, 0.25) is 0 Å². The summed E-state index contributed by atoms with van der Waals surface area (Å²) in [6.07, 6.45) is 0.814. The molecule has 15 heavy (non-hydrogen) atoms. The fourth-order valence-electron chi connectivity index (χ4n) is 1.48. The molecular formula is C10H15Cl2N3. The predicted molar refractivity (Wildman–Crippen MR) is 68.1 cm³/mol. The molecule has 0 aliphatic heterocycles. The summed E-state index contributed by atoms with van der Waals surface area (Å²) in [5, 5.41) is 0. The van der Waals surface area contributed by atoms with Gasteiger partial charge in [0.1, 0.15) is 5.82 Å². The Balaban J connectivity index is 0.000000980. The van der Waals surface area contributed by atoms with Crippen molar-refractivity contribution in [3.05, 3.63) is 29.6 Å². The Kier molecular flexibility index (Phi) is 5.65. The average molecular weight is 248 g/mol. The van der Waals surface area contributed by atoms with Crippen LogP contribution >= 0.6 is 24.8 Å². The van der Waals surface area contributed by atoms with E-state index in [0.29, 0.717) is 6.54 Å². The number of H-pyrrole nitrogens is 1. The zero-order chi connectivity index (χ0) is 9.26. The highest BCUT2D eigenvalue weighted by molar-refractivity contribution is 5.85. The summed E-state index contributed by atoms with van der Waals surface area (Å²) in [6, 6.07) is 6.13. The largest absolute Gasteiger partial charge is 0.342 e. The molecule has 0 saturated carbocycles. The molecule has 0 bridgehead atoms. The van der Waals surface area contributed by atoms with Crippen LogP contribution in [0.25, 0.3) is 11.0 Å². The first-order valence-corrected chi connectivity index (χ1v) is 4.45. The molecule has 0 saturated heterocycles. The quantitative estimate of drug-likeness (QED) is 0.856. The van der Waals surface area contributed by atoms with Crippen LogP contribution in [0.15, 0.2) is 18.2 Å². The summed E-state index contributed by atoms with van der Waals surface area (Å²) in [5.74, 6) is 0.979. The summed E-state index contributed by atoms with van der Waals surface area (Å²) >= 11 is 0. The van der Waals surface area contributed by atoms with Crippen molar-refractivity contribution in [2.45, 2.75) is 13.3 Å². The Morgan fingerprint density at radius 2 is 2.07 bits per heavy atom. The molecule has 0 atom stereocenters. The third-order valence-corrected chi connectivity index (χ3v) is 2.14. The molecule has 3 N–H and O–H groups in total. The Morgan fingerprint density at radius 1 is 1.33 bits per heavy atom. The van der Waals surface area contributed by atoms with Gasteiger partial charge >= 0.3 is 0 Å². The fourth-order valence-corrected chi connectivity index (χ4v) is 1.48. The lowest BCUT2D eigenvalue weighted by atomic mass is 10.2. The zero-order valence-corrected chi connectivity index (χ0v) is 10.1. The van der Waals surface area contributed by atoms with Gasteiger partial charge in [0.25, 0.3) is 0 Å². The van der Waals surface area contributed by atoms with Crippen LogP contribution in [0.1, 0.15) is 11.4 Å². The second-order valence-corrected chi connectivity index (χ2v) is 3.19. The van der Waals surface area contributed by atoms with Crippen LogP contribution in [0.3, 0.4) is 0 Å². The van der Waals surface area contributed by atoms with E-state index < -0.39 is 0 Å². The van der Waals surface area contributed by atoms with Crippen LogP contribution in [-0.2, 0) is 6.42 Å². The highest BCUT2D eigenvalue weighted by Crippen LogP contribution is 2.15. The van der Waals surface area contributed by atoms with E-state index in [1.807, 2.05) is 12.1 Å². The van der Waals surface area contributed by atoms with Gasteiger partial charge in [-0.2, -0.15) is 0 Å². The molecule has 0 fully saturated rings. The Bertz CT molecular complexity index is 426. The van der Waals surface area contributed by atoms with E-state index in [0.717, 1.165) is 23.3 Å². The van der Waals surface area contributed by atoms with Gasteiger partial charge in [-0.15, -0.1) is 24.8 Å². The van der Waals surface area contributed by atoms with Crippen molar-refractivity contribution in [1.29, 1.82) is 0 Å². The van der Waals surface area contributed by atoms with Gasteiger partial charge < -0.3 is 10.7 Å². The lowest BCUT2D eigenvalue weighted by molar-refractivity contribution is 0.900. The van der Waals surface area contributed by atoms with Crippen LogP contribution in [-0.4, -0.2) is 16.5 Å². The van der Waals surface area contributed by atoms with E-state index in [-0.39, 0.29) is 24.8 Å². The minimum absolute atomic E-state index is 0. The molecule has 0 aliphatic carbocycles. The van der Waals surface area contributed by atoms with Gasteiger partial charge in [-0.25, -0.2) is 4.98 Å². The van der Waals surface area contributed by atoms with Gasteiger partial charge in [-0.3, -0.25) is 0 Å². The van der Waals surface area contributed by atoms with Gasteiger partial charge in [0, 0.05) is 6.42 Å². The average Bonchev–Trinajstić information content (AvgIpc) is 2.49. The molecule has 1 heterocycles. The molecule has 0 aliphatic rings. The Labute approximate surface area is 101 Å². The third kappa shape index (κ3) is 2.84. The highest BCUT2D eigenvalue weighted by Gasteiger charge is 2.02. The van der Waals surface area contributed by atoms with E-state index in [2.05, 4.69) is 23.0 Å². The molecule has 0 spiro atoms. The molecule has 2 aromatic rings. The lowest BCUT2D eigenvalue weighted by Gasteiger charge is -1.90. The first-order valence-electron chi connectivity index (χ1n) is 4.45. The minimum Gasteiger partial charge on any atom is -0.342 e. The number of hydrogen-bond acceptors (Lipinski definition) is 2. The molecular weight excluding hydrogens is 233 g/mol. The lowest BCUT2D eigenvalue weighted by Crippen LogP contribution is -2.03. The maximum absolute atomic E-state index is 5.46. The number of nitrogens with two attached hydrogens (primary N) is 1. The van der Waals surface area contributed by atoms with Crippen molar-refractivity contribution in [2.24, 2.45) is 5.73 Å². The predicted octanol–water partition coefficient (Wildman–Crippen LogP) is 2.22. The van der Waals surface area contributed by atoms with Crippen LogP contribution < -0.4 is 5.73 Å². The molecule has 0 radical (unpaired) electrons. The molecule has 0 unspecified atom stereocenters. The van der Waals surface area contributed by atoms with Gasteiger partial charge in [0.2, 0.25) is 0 Å². The van der Waals surface area contributed by atoms with E-state index in [1.165, 1.54) is 5.56 Å². The van der Waals surface area contributed by atoms with Gasteiger partial charge in [0.15, 0.2) is 0 Å². The van der Waals surface area contributed by atoms with Crippen LogP contribution in [0, 0.1) is 6.92 Å². The summed E-state index contributed by atoms with van der Waals surface area (Å²) < 4.78 is 0. The number of halogens is 2. The highest BCUT2D eigenvalue weighted by atomic mass is 35.5. The van der Waals surface area contributed by atoms with Crippen molar-refractivity contribution in [3.8, 4) is 0 Å². The standard InChI is InChI=1S/C10H13N3.2ClH/c1-7-3-2-4-8-10(7)13-9(12-8)5-6-11;;/h2-4H,5-6,11H2,1H3,(H,12,13);2*1H. The maximum atomic E-state index is 5.46.